The fraction of sp³-hybridized carbons (Fsp3) is 0.636. The molecule has 1 rings (SSSR count). The van der Waals surface area contributed by atoms with E-state index in [4.69, 9.17) is 4.42 Å². The zero-order valence-electron chi connectivity index (χ0n) is 10.7. The van der Waals surface area contributed by atoms with Gasteiger partial charge < -0.3 is 9.73 Å². The third-order valence-corrected chi connectivity index (χ3v) is 4.30. The number of hydrogen-bond acceptors (Lipinski definition) is 4. The molecule has 0 spiro atoms. The molecule has 0 aliphatic rings. The van der Waals surface area contributed by atoms with Gasteiger partial charge in [0.05, 0.1) is 6.54 Å². The summed E-state index contributed by atoms with van der Waals surface area (Å²) < 4.78 is 30.0. The predicted octanol–water partition coefficient (Wildman–Crippen LogP) is 1.42. The number of hydrogen-bond donors (Lipinski definition) is 1. The average Bonchev–Trinajstić information content (AvgIpc) is 2.74. The standard InChI is InChI=1S/C11H20N2O3S/c1-5-9(2)12-8-10-6-7-11(16-10)17(14,15)13(3)4/h6-7,9,12H,5,8H2,1-4H3. The molecule has 1 aromatic heterocycles. The monoisotopic (exact) mass is 260 g/mol. The molecule has 0 aliphatic heterocycles. The molecule has 6 heteroatoms. The first kappa shape index (κ1) is 14.2. The molecule has 98 valence electrons. The Kier molecular flexibility index (Phi) is 4.73. The Bertz CT molecular complexity index is 451. The van der Waals surface area contributed by atoms with E-state index in [1.165, 1.54) is 20.2 Å². The maximum atomic E-state index is 11.8. The van der Waals surface area contributed by atoms with E-state index in [1.807, 2.05) is 0 Å². The zero-order valence-corrected chi connectivity index (χ0v) is 11.5. The first-order valence-electron chi connectivity index (χ1n) is 5.62. The summed E-state index contributed by atoms with van der Waals surface area (Å²) in [5.74, 6) is 0.630. The van der Waals surface area contributed by atoms with Crippen LogP contribution in [0.3, 0.4) is 0 Å². The number of rotatable bonds is 6. The number of furan rings is 1. The van der Waals surface area contributed by atoms with E-state index in [2.05, 4.69) is 19.2 Å². The van der Waals surface area contributed by atoms with Crippen molar-refractivity contribution in [3.8, 4) is 0 Å². The summed E-state index contributed by atoms with van der Waals surface area (Å²) in [5.41, 5.74) is 0. The molecule has 5 nitrogen and oxygen atoms in total. The minimum Gasteiger partial charge on any atom is -0.447 e. The van der Waals surface area contributed by atoms with Gasteiger partial charge in [-0.1, -0.05) is 6.92 Å². The molecule has 1 atom stereocenters. The van der Waals surface area contributed by atoms with Crippen LogP contribution in [0.2, 0.25) is 0 Å². The summed E-state index contributed by atoms with van der Waals surface area (Å²) in [7, 11) is -0.499. The number of nitrogens with one attached hydrogen (secondary N) is 1. The first-order chi connectivity index (χ1) is 7.87. The number of sulfonamides is 1. The molecular weight excluding hydrogens is 240 g/mol. The lowest BCUT2D eigenvalue weighted by atomic mass is 10.2. The minimum atomic E-state index is -3.46. The van der Waals surface area contributed by atoms with E-state index >= 15 is 0 Å². The Hall–Kier alpha value is -0.850. The molecule has 0 bridgehead atoms. The fourth-order valence-electron chi connectivity index (χ4n) is 1.19. The lowest BCUT2D eigenvalue weighted by molar-refractivity contribution is 0.380. The van der Waals surface area contributed by atoms with Crippen LogP contribution in [0.15, 0.2) is 21.6 Å². The average molecular weight is 260 g/mol. The predicted molar refractivity (Wildman–Crippen MR) is 66.2 cm³/mol. The quantitative estimate of drug-likeness (QED) is 0.840. The second-order valence-electron chi connectivity index (χ2n) is 4.20. The van der Waals surface area contributed by atoms with Crippen LogP contribution in [0.5, 0.6) is 0 Å². The van der Waals surface area contributed by atoms with E-state index in [1.54, 1.807) is 6.07 Å². The first-order valence-corrected chi connectivity index (χ1v) is 7.06. The highest BCUT2D eigenvalue weighted by Gasteiger charge is 2.21. The van der Waals surface area contributed by atoms with Crippen molar-refractivity contribution in [2.75, 3.05) is 14.1 Å². The minimum absolute atomic E-state index is 0.0107. The molecule has 1 unspecified atom stereocenters. The van der Waals surface area contributed by atoms with Crippen molar-refractivity contribution >= 4 is 10.0 Å². The Labute approximate surface area is 103 Å². The van der Waals surface area contributed by atoms with E-state index in [-0.39, 0.29) is 5.09 Å². The van der Waals surface area contributed by atoms with Crippen molar-refractivity contribution < 1.29 is 12.8 Å². The molecule has 1 heterocycles. The van der Waals surface area contributed by atoms with Crippen molar-refractivity contribution in [3.63, 3.8) is 0 Å². The topological polar surface area (TPSA) is 62.6 Å². The van der Waals surface area contributed by atoms with Crippen molar-refractivity contribution in [3.05, 3.63) is 17.9 Å². The summed E-state index contributed by atoms with van der Waals surface area (Å²) >= 11 is 0. The van der Waals surface area contributed by atoms with Crippen LogP contribution in [0.25, 0.3) is 0 Å². The van der Waals surface area contributed by atoms with Gasteiger partial charge >= 0.3 is 0 Å². The molecule has 0 radical (unpaired) electrons. The van der Waals surface area contributed by atoms with E-state index in [0.717, 1.165) is 10.7 Å². The van der Waals surface area contributed by atoms with E-state index in [9.17, 15) is 8.42 Å². The molecule has 1 aromatic rings. The molecule has 0 amide bonds. The van der Waals surface area contributed by atoms with Gasteiger partial charge in [-0.2, -0.15) is 0 Å². The van der Waals surface area contributed by atoms with Gasteiger partial charge in [-0.05, 0) is 25.5 Å². The second-order valence-corrected chi connectivity index (χ2v) is 6.28. The molecule has 0 saturated heterocycles. The van der Waals surface area contributed by atoms with Crippen molar-refractivity contribution in [2.45, 2.75) is 37.9 Å². The summed E-state index contributed by atoms with van der Waals surface area (Å²) in [6, 6.07) is 3.56. The third-order valence-electron chi connectivity index (χ3n) is 2.61. The lowest BCUT2D eigenvalue weighted by Gasteiger charge is -2.10. The second kappa shape index (κ2) is 5.66. The normalized spacial score (nSPS) is 14.2. The molecule has 0 aliphatic carbocycles. The molecular formula is C11H20N2O3S. The maximum Gasteiger partial charge on any atom is 0.275 e. The highest BCUT2D eigenvalue weighted by Crippen LogP contribution is 2.16. The van der Waals surface area contributed by atoms with Gasteiger partial charge in [0, 0.05) is 20.1 Å². The van der Waals surface area contributed by atoms with Crippen LogP contribution in [0, 0.1) is 0 Å². The fourth-order valence-corrected chi connectivity index (χ4v) is 2.00. The van der Waals surface area contributed by atoms with Crippen LogP contribution < -0.4 is 5.32 Å². The van der Waals surface area contributed by atoms with Gasteiger partial charge in [0.15, 0.2) is 0 Å². The summed E-state index contributed by atoms with van der Waals surface area (Å²) in [4.78, 5) is 0. The van der Waals surface area contributed by atoms with Gasteiger partial charge in [-0.25, -0.2) is 12.7 Å². The maximum absolute atomic E-state index is 11.8. The molecule has 0 fully saturated rings. The Morgan fingerprint density at radius 2 is 2.06 bits per heavy atom. The lowest BCUT2D eigenvalue weighted by Crippen LogP contribution is -2.24. The van der Waals surface area contributed by atoms with Gasteiger partial charge in [-0.3, -0.25) is 0 Å². The van der Waals surface area contributed by atoms with Crippen molar-refractivity contribution in [2.24, 2.45) is 0 Å². The van der Waals surface area contributed by atoms with Gasteiger partial charge in [0.25, 0.3) is 10.0 Å². The Morgan fingerprint density at radius 1 is 1.41 bits per heavy atom. The zero-order chi connectivity index (χ0) is 13.1. The highest BCUT2D eigenvalue weighted by molar-refractivity contribution is 7.88. The van der Waals surface area contributed by atoms with E-state index < -0.39 is 10.0 Å². The smallest absolute Gasteiger partial charge is 0.275 e. The SMILES string of the molecule is CCC(C)NCc1ccc(S(=O)(=O)N(C)C)o1. The summed E-state index contributed by atoms with van der Waals surface area (Å²) in [6.45, 7) is 4.69. The molecule has 0 aromatic carbocycles. The van der Waals surface area contributed by atoms with Crippen LogP contribution >= 0.6 is 0 Å². The van der Waals surface area contributed by atoms with Crippen LogP contribution in [-0.2, 0) is 16.6 Å². The Morgan fingerprint density at radius 3 is 2.59 bits per heavy atom. The van der Waals surface area contributed by atoms with Crippen molar-refractivity contribution in [1.29, 1.82) is 0 Å². The van der Waals surface area contributed by atoms with Gasteiger partial charge in [0.2, 0.25) is 5.09 Å². The number of nitrogens with zero attached hydrogens (tertiary/aromatic N) is 1. The van der Waals surface area contributed by atoms with Gasteiger partial charge in [0.1, 0.15) is 5.76 Å². The highest BCUT2D eigenvalue weighted by atomic mass is 32.2. The van der Waals surface area contributed by atoms with Crippen LogP contribution in [0.1, 0.15) is 26.0 Å². The van der Waals surface area contributed by atoms with Crippen LogP contribution in [-0.4, -0.2) is 32.9 Å². The summed E-state index contributed by atoms with van der Waals surface area (Å²) in [5, 5.41) is 3.23. The van der Waals surface area contributed by atoms with Crippen molar-refractivity contribution in [1.82, 2.24) is 9.62 Å². The Balaban J connectivity index is 2.73. The largest absolute Gasteiger partial charge is 0.447 e. The van der Waals surface area contributed by atoms with E-state index in [0.29, 0.717) is 18.3 Å². The summed E-state index contributed by atoms with van der Waals surface area (Å²) in [6.07, 6.45) is 1.02. The van der Waals surface area contributed by atoms with Gasteiger partial charge in [-0.15, -0.1) is 0 Å². The molecule has 0 saturated carbocycles. The van der Waals surface area contributed by atoms with Crippen LogP contribution in [0.4, 0.5) is 0 Å². The molecule has 17 heavy (non-hydrogen) atoms. The third kappa shape index (κ3) is 3.55. The molecule has 1 N–H and O–H groups in total.